The normalized spacial score (nSPS) is 18.9. The third kappa shape index (κ3) is 3.57. The number of halogens is 3. The van der Waals surface area contributed by atoms with E-state index in [1.807, 2.05) is 4.90 Å². The maximum absolute atomic E-state index is 12.8. The lowest BCUT2D eigenvalue weighted by Gasteiger charge is -2.23. The second-order valence-electron chi connectivity index (χ2n) is 5.50. The highest BCUT2D eigenvalue weighted by atomic mass is 32.1. The molecule has 0 amide bonds. The summed E-state index contributed by atoms with van der Waals surface area (Å²) in [6.45, 7) is 1.19. The van der Waals surface area contributed by atoms with Gasteiger partial charge in [-0.15, -0.1) is 11.3 Å². The SMILES string of the molecule is O=C(O)c1ccc(CN2CCCC2c2nccc(C(F)(F)F)n2)s1. The van der Waals surface area contributed by atoms with Crippen LogP contribution >= 0.6 is 11.3 Å². The minimum absolute atomic E-state index is 0.164. The molecule has 5 nitrogen and oxygen atoms in total. The second kappa shape index (κ2) is 6.48. The molecule has 2 aromatic rings. The molecule has 1 unspecified atom stereocenters. The van der Waals surface area contributed by atoms with Gasteiger partial charge in [-0.3, -0.25) is 4.90 Å². The highest BCUT2D eigenvalue weighted by Crippen LogP contribution is 2.34. The summed E-state index contributed by atoms with van der Waals surface area (Å²) >= 11 is 1.17. The van der Waals surface area contributed by atoms with Gasteiger partial charge in [-0.25, -0.2) is 14.8 Å². The molecule has 0 radical (unpaired) electrons. The Bertz CT molecular complexity index is 748. The number of rotatable bonds is 4. The lowest BCUT2D eigenvalue weighted by atomic mass is 10.2. The van der Waals surface area contributed by atoms with Crippen LogP contribution in [0.25, 0.3) is 0 Å². The molecule has 0 bridgehead atoms. The Morgan fingerprint density at radius 3 is 2.83 bits per heavy atom. The van der Waals surface area contributed by atoms with Gasteiger partial charge in [0.05, 0.1) is 6.04 Å². The van der Waals surface area contributed by atoms with Crippen LogP contribution in [-0.4, -0.2) is 32.5 Å². The number of nitrogens with zero attached hydrogens (tertiary/aromatic N) is 3. The van der Waals surface area contributed by atoms with Crippen molar-refractivity contribution < 1.29 is 23.1 Å². The molecule has 1 atom stereocenters. The zero-order valence-electron chi connectivity index (χ0n) is 12.5. The van der Waals surface area contributed by atoms with Gasteiger partial charge in [0, 0.05) is 17.6 Å². The lowest BCUT2D eigenvalue weighted by Crippen LogP contribution is -2.24. The Kier molecular flexibility index (Phi) is 4.55. The van der Waals surface area contributed by atoms with Crippen LogP contribution in [0.3, 0.4) is 0 Å². The van der Waals surface area contributed by atoms with E-state index in [0.29, 0.717) is 19.5 Å². The van der Waals surface area contributed by atoms with E-state index in [9.17, 15) is 18.0 Å². The Balaban J connectivity index is 1.79. The van der Waals surface area contributed by atoms with Crippen molar-refractivity contribution in [3.05, 3.63) is 45.7 Å². The highest BCUT2D eigenvalue weighted by molar-refractivity contribution is 7.13. The Morgan fingerprint density at radius 1 is 1.38 bits per heavy atom. The van der Waals surface area contributed by atoms with E-state index in [1.165, 1.54) is 17.4 Å². The largest absolute Gasteiger partial charge is 0.477 e. The van der Waals surface area contributed by atoms with Crippen LogP contribution in [-0.2, 0) is 12.7 Å². The molecule has 24 heavy (non-hydrogen) atoms. The minimum atomic E-state index is -4.49. The lowest BCUT2D eigenvalue weighted by molar-refractivity contribution is -0.141. The maximum Gasteiger partial charge on any atom is 0.433 e. The van der Waals surface area contributed by atoms with Crippen molar-refractivity contribution in [2.75, 3.05) is 6.54 Å². The maximum atomic E-state index is 12.8. The zero-order valence-corrected chi connectivity index (χ0v) is 13.3. The van der Waals surface area contributed by atoms with Gasteiger partial charge in [-0.1, -0.05) is 0 Å². The van der Waals surface area contributed by atoms with Gasteiger partial charge in [0.25, 0.3) is 0 Å². The number of aromatic carboxylic acids is 1. The van der Waals surface area contributed by atoms with Gasteiger partial charge < -0.3 is 5.11 Å². The first kappa shape index (κ1) is 16.8. The molecule has 1 saturated heterocycles. The van der Waals surface area contributed by atoms with Crippen LogP contribution in [0.1, 0.15) is 45.0 Å². The van der Waals surface area contributed by atoms with E-state index >= 15 is 0 Å². The van der Waals surface area contributed by atoms with Gasteiger partial charge in [-0.05, 0) is 37.6 Å². The van der Waals surface area contributed by atoms with Crippen molar-refractivity contribution >= 4 is 17.3 Å². The van der Waals surface area contributed by atoms with Crippen molar-refractivity contribution in [1.82, 2.24) is 14.9 Å². The number of alkyl halides is 3. The smallest absolute Gasteiger partial charge is 0.433 e. The number of hydrogen-bond donors (Lipinski definition) is 1. The first-order chi connectivity index (χ1) is 11.3. The molecule has 9 heteroatoms. The average molecular weight is 357 g/mol. The van der Waals surface area contributed by atoms with E-state index in [-0.39, 0.29) is 16.7 Å². The monoisotopic (exact) mass is 357 g/mol. The number of carboxylic acid groups (broad SMARTS) is 1. The topological polar surface area (TPSA) is 66.3 Å². The van der Waals surface area contributed by atoms with Gasteiger partial charge in [0.15, 0.2) is 0 Å². The molecule has 0 saturated carbocycles. The predicted octanol–water partition coefficient (Wildman–Crippen LogP) is 3.59. The molecule has 128 valence electrons. The van der Waals surface area contributed by atoms with Crippen LogP contribution in [0.4, 0.5) is 13.2 Å². The first-order valence-corrected chi connectivity index (χ1v) is 8.12. The van der Waals surface area contributed by atoms with E-state index in [0.717, 1.165) is 23.6 Å². The summed E-state index contributed by atoms with van der Waals surface area (Å²) in [6, 6.07) is 3.84. The van der Waals surface area contributed by atoms with Crippen LogP contribution in [0.5, 0.6) is 0 Å². The number of carboxylic acids is 1. The summed E-state index contributed by atoms with van der Waals surface area (Å²) in [4.78, 5) is 21.7. The van der Waals surface area contributed by atoms with Crippen LogP contribution in [0.2, 0.25) is 0 Å². The summed E-state index contributed by atoms with van der Waals surface area (Å²) in [5.74, 6) is -0.817. The van der Waals surface area contributed by atoms with Crippen molar-refractivity contribution in [3.63, 3.8) is 0 Å². The van der Waals surface area contributed by atoms with Crippen molar-refractivity contribution in [3.8, 4) is 0 Å². The summed E-state index contributed by atoms with van der Waals surface area (Å²) in [7, 11) is 0. The molecular formula is C15H14F3N3O2S. The summed E-state index contributed by atoms with van der Waals surface area (Å²) in [5, 5.41) is 8.97. The Hall–Kier alpha value is -2.00. The average Bonchev–Trinajstić information content (AvgIpc) is 3.16. The molecule has 3 heterocycles. The molecule has 1 aliphatic heterocycles. The number of carbonyl (C=O) groups is 1. The van der Waals surface area contributed by atoms with Gasteiger partial charge in [0.2, 0.25) is 0 Å². The first-order valence-electron chi connectivity index (χ1n) is 7.31. The molecule has 2 aromatic heterocycles. The van der Waals surface area contributed by atoms with E-state index in [2.05, 4.69) is 9.97 Å². The zero-order chi connectivity index (χ0) is 17.3. The van der Waals surface area contributed by atoms with Crippen molar-refractivity contribution in [1.29, 1.82) is 0 Å². The van der Waals surface area contributed by atoms with Gasteiger partial charge in [0.1, 0.15) is 16.4 Å². The molecule has 0 aliphatic carbocycles. The van der Waals surface area contributed by atoms with Crippen LogP contribution in [0, 0.1) is 0 Å². The van der Waals surface area contributed by atoms with Crippen LogP contribution < -0.4 is 0 Å². The third-order valence-corrected chi connectivity index (χ3v) is 4.92. The number of aromatic nitrogens is 2. The predicted molar refractivity (Wildman–Crippen MR) is 80.7 cm³/mol. The van der Waals surface area contributed by atoms with E-state index in [4.69, 9.17) is 5.11 Å². The van der Waals surface area contributed by atoms with E-state index < -0.39 is 17.8 Å². The summed E-state index contributed by atoms with van der Waals surface area (Å²) < 4.78 is 38.5. The van der Waals surface area contributed by atoms with Gasteiger partial charge in [-0.2, -0.15) is 13.2 Å². The molecule has 0 spiro atoms. The summed E-state index contributed by atoms with van der Waals surface area (Å²) in [5.41, 5.74) is -0.941. The fraction of sp³-hybridized carbons (Fsp3) is 0.400. The quantitative estimate of drug-likeness (QED) is 0.906. The van der Waals surface area contributed by atoms with Crippen molar-refractivity contribution in [2.24, 2.45) is 0 Å². The fourth-order valence-electron chi connectivity index (χ4n) is 2.78. The van der Waals surface area contributed by atoms with Gasteiger partial charge >= 0.3 is 12.1 Å². The second-order valence-corrected chi connectivity index (χ2v) is 6.67. The third-order valence-electron chi connectivity index (χ3n) is 3.86. The molecule has 1 aliphatic rings. The summed E-state index contributed by atoms with van der Waals surface area (Å²) in [6.07, 6.45) is -1.85. The molecular weight excluding hydrogens is 343 g/mol. The number of thiophene rings is 1. The molecule has 1 N–H and O–H groups in total. The standard InChI is InChI=1S/C15H14F3N3O2S/c16-15(17,18)12-5-6-19-13(20-12)10-2-1-7-21(10)8-9-3-4-11(24-9)14(22)23/h3-6,10H,1-2,7-8H2,(H,22,23). The Labute approximate surface area is 139 Å². The number of hydrogen-bond acceptors (Lipinski definition) is 5. The van der Waals surface area contributed by atoms with Crippen molar-refractivity contribution in [2.45, 2.75) is 31.6 Å². The molecule has 0 aromatic carbocycles. The number of likely N-dealkylation sites (tertiary alicyclic amines) is 1. The van der Waals surface area contributed by atoms with E-state index in [1.54, 1.807) is 6.07 Å². The molecule has 3 rings (SSSR count). The highest BCUT2D eigenvalue weighted by Gasteiger charge is 2.35. The molecule has 1 fully saturated rings. The fourth-order valence-corrected chi connectivity index (χ4v) is 3.65. The van der Waals surface area contributed by atoms with Crippen LogP contribution in [0.15, 0.2) is 24.4 Å². The Morgan fingerprint density at radius 2 is 2.17 bits per heavy atom. The minimum Gasteiger partial charge on any atom is -0.477 e.